The van der Waals surface area contributed by atoms with Crippen LogP contribution in [0, 0.1) is 0 Å². The van der Waals surface area contributed by atoms with Gasteiger partial charge in [-0.2, -0.15) is 5.10 Å². The van der Waals surface area contributed by atoms with Gasteiger partial charge in [-0.1, -0.05) is 34.1 Å². The van der Waals surface area contributed by atoms with E-state index in [0.717, 1.165) is 10.0 Å². The van der Waals surface area contributed by atoms with E-state index >= 15 is 0 Å². The molecule has 0 aliphatic rings. The van der Waals surface area contributed by atoms with E-state index in [2.05, 4.69) is 31.1 Å². The Bertz CT molecular complexity index is 1110. The molecule has 0 aliphatic heterocycles. The lowest BCUT2D eigenvalue weighted by molar-refractivity contribution is 0.102. The highest BCUT2D eigenvalue weighted by Gasteiger charge is 2.16. The topological polar surface area (TPSA) is 93.1 Å². The van der Waals surface area contributed by atoms with Gasteiger partial charge in [0.05, 0.1) is 17.6 Å². The van der Waals surface area contributed by atoms with Crippen LogP contribution in [0.2, 0.25) is 0 Å². The lowest BCUT2D eigenvalue weighted by Gasteiger charge is -2.11. The summed E-state index contributed by atoms with van der Waals surface area (Å²) in [6.45, 7) is 3.98. The molecule has 0 aliphatic carbocycles. The van der Waals surface area contributed by atoms with E-state index in [0.29, 0.717) is 17.9 Å². The zero-order valence-corrected chi connectivity index (χ0v) is 18.4. The van der Waals surface area contributed by atoms with Crippen molar-refractivity contribution >= 4 is 37.7 Å². The van der Waals surface area contributed by atoms with Gasteiger partial charge < -0.3 is 5.32 Å². The second kappa shape index (κ2) is 8.89. The number of rotatable bonds is 7. The van der Waals surface area contributed by atoms with Crippen LogP contribution in [-0.4, -0.2) is 30.1 Å². The molecule has 1 amide bonds. The summed E-state index contributed by atoms with van der Waals surface area (Å²) in [5.41, 5.74) is 1.38. The third-order valence-electron chi connectivity index (χ3n) is 4.05. The quantitative estimate of drug-likeness (QED) is 0.544. The third kappa shape index (κ3) is 5.31. The number of carbonyl (C=O) groups is 1. The zero-order valence-electron chi connectivity index (χ0n) is 16.0. The molecular formula is C20H21BrN4O3S. The van der Waals surface area contributed by atoms with Crippen LogP contribution < -0.4 is 10.0 Å². The fourth-order valence-electron chi connectivity index (χ4n) is 2.71. The molecule has 1 aromatic heterocycles. The predicted octanol–water partition coefficient (Wildman–Crippen LogP) is 3.63. The number of hydrogen-bond donors (Lipinski definition) is 2. The Morgan fingerprint density at radius 3 is 2.45 bits per heavy atom. The summed E-state index contributed by atoms with van der Waals surface area (Å²) in [6.07, 6.45) is 1.61. The number of benzene rings is 2. The van der Waals surface area contributed by atoms with Gasteiger partial charge in [0.15, 0.2) is 0 Å². The van der Waals surface area contributed by atoms with Crippen LogP contribution in [0.4, 0.5) is 5.82 Å². The average molecular weight is 477 g/mol. The lowest BCUT2D eigenvalue weighted by Crippen LogP contribution is -2.30. The summed E-state index contributed by atoms with van der Waals surface area (Å²) >= 11 is 3.51. The van der Waals surface area contributed by atoms with Crippen LogP contribution in [0.5, 0.6) is 0 Å². The van der Waals surface area contributed by atoms with Crippen LogP contribution in [0.3, 0.4) is 0 Å². The molecule has 0 saturated heterocycles. The van der Waals surface area contributed by atoms with Crippen molar-refractivity contribution in [2.75, 3.05) is 5.32 Å². The fourth-order valence-corrected chi connectivity index (χ4v) is 4.37. The Kier molecular flexibility index (Phi) is 6.51. The molecular weight excluding hydrogens is 456 g/mol. The molecule has 2 aromatic carbocycles. The minimum Gasteiger partial charge on any atom is -0.307 e. The number of carbonyl (C=O) groups excluding carboxylic acids is 1. The first-order valence-electron chi connectivity index (χ1n) is 8.95. The van der Waals surface area contributed by atoms with Crippen molar-refractivity contribution in [3.8, 4) is 0 Å². The lowest BCUT2D eigenvalue weighted by atomic mass is 10.2. The molecule has 29 heavy (non-hydrogen) atoms. The second-order valence-corrected chi connectivity index (χ2v) is 9.29. The molecule has 0 radical (unpaired) electrons. The van der Waals surface area contributed by atoms with Gasteiger partial charge in [-0.25, -0.2) is 17.8 Å². The first kappa shape index (κ1) is 21.2. The Morgan fingerprint density at radius 2 is 1.79 bits per heavy atom. The van der Waals surface area contributed by atoms with E-state index < -0.39 is 10.0 Å². The minimum absolute atomic E-state index is 0.113. The molecule has 7 nitrogen and oxygen atoms in total. The first-order valence-corrected chi connectivity index (χ1v) is 11.2. The van der Waals surface area contributed by atoms with E-state index in [1.54, 1.807) is 30.8 Å². The molecule has 9 heteroatoms. The van der Waals surface area contributed by atoms with E-state index in [1.165, 1.54) is 24.3 Å². The van der Waals surface area contributed by atoms with Crippen molar-refractivity contribution in [3.63, 3.8) is 0 Å². The first-order chi connectivity index (χ1) is 13.8. The molecule has 3 aromatic rings. The van der Waals surface area contributed by atoms with Crippen molar-refractivity contribution in [2.45, 2.75) is 31.3 Å². The largest absolute Gasteiger partial charge is 0.307 e. The Morgan fingerprint density at radius 1 is 1.10 bits per heavy atom. The van der Waals surface area contributed by atoms with Gasteiger partial charge in [0.2, 0.25) is 10.0 Å². The maximum Gasteiger partial charge on any atom is 0.256 e. The van der Waals surface area contributed by atoms with E-state index in [1.807, 2.05) is 24.3 Å². The van der Waals surface area contributed by atoms with Crippen LogP contribution in [0.1, 0.15) is 29.8 Å². The molecule has 1 heterocycles. The average Bonchev–Trinajstić information content (AvgIpc) is 3.09. The standard InChI is InChI=1S/C20H21BrN4O3S/c1-14(2)24-29(27,28)17-9-7-15(8-10-17)20(26)23-19-11-12-22-25(19)13-16-5-3-4-6-18(16)21/h3-12,14,24H,13H2,1-2H3,(H,23,26). The van der Waals surface area contributed by atoms with Crippen molar-refractivity contribution < 1.29 is 13.2 Å². The highest BCUT2D eigenvalue weighted by molar-refractivity contribution is 9.10. The van der Waals surface area contributed by atoms with E-state index in [9.17, 15) is 13.2 Å². The molecule has 0 spiro atoms. The SMILES string of the molecule is CC(C)NS(=O)(=O)c1ccc(C(=O)Nc2ccnn2Cc2ccccc2Br)cc1. The molecule has 152 valence electrons. The van der Waals surface area contributed by atoms with E-state index in [-0.39, 0.29) is 16.8 Å². The summed E-state index contributed by atoms with van der Waals surface area (Å²) < 4.78 is 29.6. The van der Waals surface area contributed by atoms with Gasteiger partial charge >= 0.3 is 0 Å². The minimum atomic E-state index is -3.60. The van der Waals surface area contributed by atoms with E-state index in [4.69, 9.17) is 0 Å². The van der Waals surface area contributed by atoms with Crippen molar-refractivity contribution in [1.82, 2.24) is 14.5 Å². The molecule has 0 bridgehead atoms. The number of sulfonamides is 1. The monoisotopic (exact) mass is 476 g/mol. The Hall–Kier alpha value is -2.49. The second-order valence-electron chi connectivity index (χ2n) is 6.72. The fraction of sp³-hybridized carbons (Fsp3) is 0.200. The Labute approximate surface area is 178 Å². The number of aromatic nitrogens is 2. The van der Waals surface area contributed by atoms with Crippen LogP contribution in [0.25, 0.3) is 0 Å². The van der Waals surface area contributed by atoms with Gasteiger partial charge in [-0.3, -0.25) is 4.79 Å². The van der Waals surface area contributed by atoms with Gasteiger partial charge in [0, 0.05) is 22.1 Å². The van der Waals surface area contributed by atoms with Crippen molar-refractivity contribution in [3.05, 3.63) is 76.4 Å². The number of halogens is 1. The van der Waals surface area contributed by atoms with Crippen molar-refractivity contribution in [1.29, 1.82) is 0 Å². The highest BCUT2D eigenvalue weighted by Crippen LogP contribution is 2.19. The summed E-state index contributed by atoms with van der Waals surface area (Å²) in [6, 6.07) is 15.1. The molecule has 2 N–H and O–H groups in total. The van der Waals surface area contributed by atoms with Crippen LogP contribution >= 0.6 is 15.9 Å². The van der Waals surface area contributed by atoms with Gasteiger partial charge in [0.1, 0.15) is 5.82 Å². The van der Waals surface area contributed by atoms with Crippen LogP contribution in [0.15, 0.2) is 70.2 Å². The van der Waals surface area contributed by atoms with Gasteiger partial charge in [0.25, 0.3) is 5.91 Å². The molecule has 3 rings (SSSR count). The smallest absolute Gasteiger partial charge is 0.256 e. The maximum absolute atomic E-state index is 12.6. The maximum atomic E-state index is 12.6. The van der Waals surface area contributed by atoms with Crippen molar-refractivity contribution in [2.24, 2.45) is 0 Å². The zero-order chi connectivity index (χ0) is 21.0. The summed E-state index contributed by atoms with van der Waals surface area (Å²) in [4.78, 5) is 12.7. The highest BCUT2D eigenvalue weighted by atomic mass is 79.9. The molecule has 0 saturated carbocycles. The Balaban J connectivity index is 1.73. The normalized spacial score (nSPS) is 11.6. The molecule has 0 unspecified atom stereocenters. The number of nitrogens with zero attached hydrogens (tertiary/aromatic N) is 2. The van der Waals surface area contributed by atoms with Crippen LogP contribution in [-0.2, 0) is 16.6 Å². The number of amides is 1. The predicted molar refractivity (Wildman–Crippen MR) is 115 cm³/mol. The summed E-state index contributed by atoms with van der Waals surface area (Å²) in [5.74, 6) is 0.198. The summed E-state index contributed by atoms with van der Waals surface area (Å²) in [5, 5.41) is 7.08. The number of anilines is 1. The summed E-state index contributed by atoms with van der Waals surface area (Å²) in [7, 11) is -3.60. The van der Waals surface area contributed by atoms with Gasteiger partial charge in [-0.15, -0.1) is 0 Å². The van der Waals surface area contributed by atoms with Gasteiger partial charge in [-0.05, 0) is 49.7 Å². The molecule has 0 fully saturated rings. The number of nitrogens with one attached hydrogen (secondary N) is 2. The third-order valence-corrected chi connectivity index (χ3v) is 6.50. The number of hydrogen-bond acceptors (Lipinski definition) is 4. The molecule has 0 atom stereocenters.